The van der Waals surface area contributed by atoms with Gasteiger partial charge in [-0.3, -0.25) is 14.4 Å². The van der Waals surface area contributed by atoms with E-state index < -0.39 is 11.9 Å². The Morgan fingerprint density at radius 1 is 0.667 bits per heavy atom. The van der Waals surface area contributed by atoms with Crippen molar-refractivity contribution >= 4 is 40.9 Å². The Balaban J connectivity index is -0.000000128. The lowest BCUT2D eigenvalue weighted by Gasteiger charge is -1.90. The molecule has 0 saturated heterocycles. The normalized spacial score (nSPS) is 8.33. The second kappa shape index (κ2) is 21.2. The van der Waals surface area contributed by atoms with Crippen molar-refractivity contribution in [1.29, 1.82) is 0 Å². The highest BCUT2D eigenvalue weighted by Gasteiger charge is 1.99. The maximum atomic E-state index is 10.3. The van der Waals surface area contributed by atoms with Gasteiger partial charge in [0.2, 0.25) is 0 Å². The van der Waals surface area contributed by atoms with Crippen molar-refractivity contribution in [3.8, 4) is 0 Å². The summed E-state index contributed by atoms with van der Waals surface area (Å²) in [7, 11) is 0. The van der Waals surface area contributed by atoms with Gasteiger partial charge in [0.15, 0.2) is 0 Å². The quantitative estimate of drug-likeness (QED) is 0.598. The number of halogens is 1. The first kappa shape index (κ1) is 30.2. The number of hydrogen-bond acceptors (Lipinski definition) is 5. The second-order valence-electron chi connectivity index (χ2n) is 4.73. The van der Waals surface area contributed by atoms with Crippen LogP contribution in [0.2, 0.25) is 0 Å². The molecule has 0 heterocycles. The molecule has 24 heavy (non-hydrogen) atoms. The molecule has 8 heteroatoms. The van der Waals surface area contributed by atoms with E-state index in [1.807, 2.05) is 0 Å². The van der Waals surface area contributed by atoms with Gasteiger partial charge in [0.05, 0.1) is 5.88 Å². The van der Waals surface area contributed by atoms with Gasteiger partial charge in [-0.2, -0.15) is 0 Å². The summed E-state index contributed by atoms with van der Waals surface area (Å²) in [4.78, 5) is 49.9. The number of Topliss-reactive ketones (excluding diaryl/α,β-unsaturated/α-hetero) is 3. The molecular weight excluding hydrogens is 340 g/mol. The lowest BCUT2D eigenvalue weighted by atomic mass is 10.1. The van der Waals surface area contributed by atoms with Gasteiger partial charge in [-0.05, 0) is 33.6 Å². The first-order valence-corrected chi connectivity index (χ1v) is 7.54. The molecule has 0 spiro atoms. The van der Waals surface area contributed by atoms with Crippen molar-refractivity contribution in [2.24, 2.45) is 0 Å². The highest BCUT2D eigenvalue weighted by Crippen LogP contribution is 1.96. The Labute approximate surface area is 148 Å². The van der Waals surface area contributed by atoms with Crippen molar-refractivity contribution in [2.45, 2.75) is 66.7 Å². The predicted molar refractivity (Wildman–Crippen MR) is 92.5 cm³/mol. The molecule has 0 rings (SSSR count). The number of aliphatic carboxylic acids is 2. The summed E-state index contributed by atoms with van der Waals surface area (Å²) < 4.78 is 0. The van der Waals surface area contributed by atoms with Gasteiger partial charge in [-0.1, -0.05) is 7.43 Å². The van der Waals surface area contributed by atoms with E-state index >= 15 is 0 Å². The number of ketones is 3. The molecule has 0 unspecified atom stereocenters. The third-order valence-electron chi connectivity index (χ3n) is 2.03. The summed E-state index contributed by atoms with van der Waals surface area (Å²) in [6.07, 6.45) is 1.88. The monoisotopic (exact) mass is 368 g/mol. The van der Waals surface area contributed by atoms with Crippen molar-refractivity contribution in [3.05, 3.63) is 0 Å². The van der Waals surface area contributed by atoms with Crippen molar-refractivity contribution < 1.29 is 34.2 Å². The van der Waals surface area contributed by atoms with Crippen LogP contribution in [-0.4, -0.2) is 45.4 Å². The molecule has 0 atom stereocenters. The van der Waals surface area contributed by atoms with Gasteiger partial charge < -0.3 is 19.8 Å². The average molecular weight is 369 g/mol. The fourth-order valence-electron chi connectivity index (χ4n) is 0.977. The van der Waals surface area contributed by atoms with Crippen LogP contribution in [-0.2, 0) is 24.0 Å². The fraction of sp³-hybridized carbons (Fsp3) is 0.688. The number of hydrogen-bond donors (Lipinski definition) is 2. The fourth-order valence-corrected chi connectivity index (χ4v) is 0.977. The predicted octanol–water partition coefficient (Wildman–Crippen LogP) is 3.11. The van der Waals surface area contributed by atoms with Crippen LogP contribution >= 0.6 is 11.6 Å². The first-order chi connectivity index (χ1) is 10.5. The molecule has 0 aromatic rings. The third kappa shape index (κ3) is 50.0. The van der Waals surface area contributed by atoms with E-state index in [1.54, 1.807) is 13.8 Å². The van der Waals surface area contributed by atoms with Crippen LogP contribution in [0.1, 0.15) is 66.7 Å². The molecule has 0 fully saturated rings. The van der Waals surface area contributed by atoms with Gasteiger partial charge >= 0.3 is 11.9 Å². The number of carbonyl (C=O) groups excluding carboxylic acids is 3. The minimum Gasteiger partial charge on any atom is -0.481 e. The van der Waals surface area contributed by atoms with Crippen LogP contribution in [0.15, 0.2) is 0 Å². The highest BCUT2D eigenvalue weighted by molar-refractivity contribution is 6.27. The molecule has 0 aliphatic heterocycles. The summed E-state index contributed by atoms with van der Waals surface area (Å²) in [5, 5.41) is 16.1. The van der Waals surface area contributed by atoms with Crippen LogP contribution in [0.5, 0.6) is 0 Å². The molecule has 0 amide bonds. The largest absolute Gasteiger partial charge is 0.481 e. The Hall–Kier alpha value is -1.76. The molecular formula is C16H29ClO7. The molecule has 7 nitrogen and oxygen atoms in total. The van der Waals surface area contributed by atoms with Crippen molar-refractivity contribution in [1.82, 2.24) is 0 Å². The zero-order chi connectivity index (χ0) is 18.8. The highest BCUT2D eigenvalue weighted by atomic mass is 35.5. The molecule has 0 aromatic heterocycles. The third-order valence-corrected chi connectivity index (χ3v) is 2.40. The van der Waals surface area contributed by atoms with Gasteiger partial charge in [0.1, 0.15) is 17.3 Å². The van der Waals surface area contributed by atoms with Crippen LogP contribution in [0.25, 0.3) is 0 Å². The Morgan fingerprint density at radius 2 is 0.917 bits per heavy atom. The SMILES string of the molecule is C.CC(=O)CCCC(C)=O.CC(=O)CCl.O=C(O)CCCC(=O)O. The van der Waals surface area contributed by atoms with Crippen LogP contribution in [0.3, 0.4) is 0 Å². The molecule has 0 radical (unpaired) electrons. The van der Waals surface area contributed by atoms with E-state index in [4.69, 9.17) is 21.8 Å². The molecule has 142 valence electrons. The number of alkyl halides is 1. The molecule has 2 N–H and O–H groups in total. The molecule has 0 aliphatic rings. The standard InChI is InChI=1S/C7H12O2.C5H8O4.C3H5ClO.CH4/c1-6(8)4-3-5-7(2)9;6-4(7)2-1-3-5(8)9;1-3(5)2-4;/h3-5H2,1-2H3;1-3H2,(H,6,7)(H,8,9);2H2,1H3;1H4. The molecule has 0 bridgehead atoms. The Bertz CT molecular complexity index is 334. The second-order valence-corrected chi connectivity index (χ2v) is 5.00. The van der Waals surface area contributed by atoms with Gasteiger partial charge in [-0.25, -0.2) is 0 Å². The molecule has 0 aliphatic carbocycles. The maximum absolute atomic E-state index is 10.3. The van der Waals surface area contributed by atoms with Gasteiger partial charge in [0, 0.05) is 25.7 Å². The minimum atomic E-state index is -0.948. The van der Waals surface area contributed by atoms with Crippen molar-refractivity contribution in [3.63, 3.8) is 0 Å². The summed E-state index contributed by atoms with van der Waals surface area (Å²) >= 11 is 4.99. The van der Waals surface area contributed by atoms with Crippen LogP contribution < -0.4 is 0 Å². The zero-order valence-electron chi connectivity index (χ0n) is 13.8. The minimum absolute atomic E-state index is 0. The Morgan fingerprint density at radius 3 is 1.08 bits per heavy atom. The van der Waals surface area contributed by atoms with Gasteiger partial charge in [0.25, 0.3) is 0 Å². The first-order valence-electron chi connectivity index (χ1n) is 7.00. The summed E-state index contributed by atoms with van der Waals surface area (Å²) in [5.41, 5.74) is 0. The topological polar surface area (TPSA) is 126 Å². The summed E-state index contributed by atoms with van der Waals surface area (Å²) in [6, 6.07) is 0. The Kier molecular flexibility index (Phi) is 26.7. The summed E-state index contributed by atoms with van der Waals surface area (Å²) in [5.74, 6) is -1.41. The number of carboxylic acids is 2. The molecule has 0 saturated carbocycles. The van der Waals surface area contributed by atoms with E-state index in [-0.39, 0.29) is 49.9 Å². The number of carboxylic acid groups (broad SMARTS) is 2. The maximum Gasteiger partial charge on any atom is 0.303 e. The van der Waals surface area contributed by atoms with E-state index in [0.29, 0.717) is 19.3 Å². The van der Waals surface area contributed by atoms with E-state index in [2.05, 4.69) is 0 Å². The van der Waals surface area contributed by atoms with Crippen LogP contribution in [0.4, 0.5) is 0 Å². The molecule has 0 aromatic carbocycles. The lowest BCUT2D eigenvalue weighted by Crippen LogP contribution is -1.98. The summed E-state index contributed by atoms with van der Waals surface area (Å²) in [6.45, 7) is 4.53. The van der Waals surface area contributed by atoms with Crippen LogP contribution in [0, 0.1) is 0 Å². The van der Waals surface area contributed by atoms with Crippen molar-refractivity contribution in [2.75, 3.05) is 5.88 Å². The van der Waals surface area contributed by atoms with E-state index in [0.717, 1.165) is 0 Å². The average Bonchev–Trinajstić information content (AvgIpc) is 2.38. The van der Waals surface area contributed by atoms with Gasteiger partial charge in [-0.15, -0.1) is 11.6 Å². The lowest BCUT2D eigenvalue weighted by molar-refractivity contribution is -0.138. The number of carbonyl (C=O) groups is 5. The smallest absolute Gasteiger partial charge is 0.303 e. The number of rotatable bonds is 9. The zero-order valence-corrected chi connectivity index (χ0v) is 14.5. The van der Waals surface area contributed by atoms with E-state index in [9.17, 15) is 24.0 Å². The van der Waals surface area contributed by atoms with E-state index in [1.165, 1.54) is 6.92 Å².